The van der Waals surface area contributed by atoms with Gasteiger partial charge in [0, 0.05) is 29.9 Å². The van der Waals surface area contributed by atoms with Gasteiger partial charge in [-0.25, -0.2) is 4.39 Å². The Balaban J connectivity index is 1.35. The van der Waals surface area contributed by atoms with Crippen LogP contribution >= 0.6 is 0 Å². The Morgan fingerprint density at radius 2 is 1.93 bits per heavy atom. The molecule has 1 aromatic heterocycles. The lowest BCUT2D eigenvalue weighted by molar-refractivity contribution is 0.0921. The molecular weight excluding hydrogens is 345 g/mol. The number of hydrogen-bond acceptors (Lipinski definition) is 4. The van der Waals surface area contributed by atoms with Gasteiger partial charge in [0.15, 0.2) is 0 Å². The number of hydrogen-bond donors (Lipinski definition) is 3. The Morgan fingerprint density at radius 3 is 2.63 bits per heavy atom. The van der Waals surface area contributed by atoms with Crippen molar-refractivity contribution in [1.82, 2.24) is 15.6 Å². The number of rotatable bonds is 7. The van der Waals surface area contributed by atoms with Crippen molar-refractivity contribution in [2.45, 2.75) is 37.8 Å². The van der Waals surface area contributed by atoms with Crippen molar-refractivity contribution in [3.63, 3.8) is 0 Å². The number of aliphatic hydroxyl groups is 1. The van der Waals surface area contributed by atoms with Crippen molar-refractivity contribution >= 4 is 5.91 Å². The number of amides is 1. The van der Waals surface area contributed by atoms with E-state index in [0.717, 1.165) is 38.4 Å². The number of benzene rings is 1. The van der Waals surface area contributed by atoms with Gasteiger partial charge in [0.25, 0.3) is 5.91 Å². The molecule has 0 saturated heterocycles. The molecule has 0 unspecified atom stereocenters. The van der Waals surface area contributed by atoms with E-state index in [2.05, 4.69) is 15.6 Å². The lowest BCUT2D eigenvalue weighted by Gasteiger charge is -2.29. The summed E-state index contributed by atoms with van der Waals surface area (Å²) in [6.07, 6.45) is 5.82. The SMILES string of the molecule is O=C(NC1CCC(CNC[C@H](O)c2cncc(F)c2)CC1)c1ccccc1. The summed E-state index contributed by atoms with van der Waals surface area (Å²) >= 11 is 0. The van der Waals surface area contributed by atoms with E-state index in [1.807, 2.05) is 30.3 Å². The molecule has 1 aromatic carbocycles. The lowest BCUT2D eigenvalue weighted by atomic mass is 9.86. The molecule has 5 nitrogen and oxygen atoms in total. The first-order chi connectivity index (χ1) is 13.1. The molecular formula is C21H26FN3O2. The molecule has 144 valence electrons. The van der Waals surface area contributed by atoms with E-state index in [9.17, 15) is 14.3 Å². The molecule has 0 aliphatic heterocycles. The zero-order valence-electron chi connectivity index (χ0n) is 15.3. The third kappa shape index (κ3) is 5.84. The van der Waals surface area contributed by atoms with Gasteiger partial charge >= 0.3 is 0 Å². The van der Waals surface area contributed by atoms with E-state index in [-0.39, 0.29) is 11.9 Å². The Bertz CT molecular complexity index is 733. The molecule has 1 aliphatic carbocycles. The molecule has 3 N–H and O–H groups in total. The summed E-state index contributed by atoms with van der Waals surface area (Å²) in [6.45, 7) is 1.18. The molecule has 1 heterocycles. The number of aromatic nitrogens is 1. The Morgan fingerprint density at radius 1 is 1.19 bits per heavy atom. The first-order valence-electron chi connectivity index (χ1n) is 9.47. The quantitative estimate of drug-likeness (QED) is 0.700. The van der Waals surface area contributed by atoms with Crippen molar-refractivity contribution in [3.05, 3.63) is 65.7 Å². The van der Waals surface area contributed by atoms with Crippen LogP contribution in [0.25, 0.3) is 0 Å². The maximum Gasteiger partial charge on any atom is 0.251 e. The summed E-state index contributed by atoms with van der Waals surface area (Å²) < 4.78 is 13.2. The number of nitrogens with one attached hydrogen (secondary N) is 2. The van der Waals surface area contributed by atoms with Gasteiger partial charge in [-0.3, -0.25) is 9.78 Å². The maximum absolute atomic E-state index is 13.2. The van der Waals surface area contributed by atoms with E-state index >= 15 is 0 Å². The normalized spacial score (nSPS) is 20.8. The number of carbonyl (C=O) groups excluding carboxylic acids is 1. The van der Waals surface area contributed by atoms with Crippen LogP contribution in [-0.4, -0.2) is 35.1 Å². The minimum Gasteiger partial charge on any atom is -0.387 e. The fraction of sp³-hybridized carbons (Fsp3) is 0.429. The lowest BCUT2D eigenvalue weighted by Crippen LogP contribution is -2.39. The van der Waals surface area contributed by atoms with Gasteiger partial charge in [-0.05, 0) is 56.3 Å². The minimum atomic E-state index is -0.769. The van der Waals surface area contributed by atoms with E-state index in [1.54, 1.807) is 0 Å². The van der Waals surface area contributed by atoms with Gasteiger partial charge in [0.2, 0.25) is 0 Å². The standard InChI is InChI=1S/C21H26FN3O2/c22-18-10-17(12-24-13-18)20(26)14-23-11-15-6-8-19(9-7-15)25-21(27)16-4-2-1-3-5-16/h1-5,10,12-13,15,19-20,23,26H,6-9,11,14H2,(H,25,27)/t15?,19?,20-/m0/s1. The third-order valence-electron chi connectivity index (χ3n) is 5.10. The van der Waals surface area contributed by atoms with E-state index < -0.39 is 11.9 Å². The molecule has 1 aliphatic rings. The Hall–Kier alpha value is -2.31. The molecule has 0 radical (unpaired) electrons. The predicted molar refractivity (Wildman–Crippen MR) is 102 cm³/mol. The second-order valence-corrected chi connectivity index (χ2v) is 7.17. The van der Waals surface area contributed by atoms with Crippen LogP contribution in [0, 0.1) is 11.7 Å². The summed E-state index contributed by atoms with van der Waals surface area (Å²) in [4.78, 5) is 16.0. The van der Waals surface area contributed by atoms with Crippen LogP contribution < -0.4 is 10.6 Å². The molecule has 0 bridgehead atoms. The van der Waals surface area contributed by atoms with Crippen molar-refractivity contribution in [2.24, 2.45) is 5.92 Å². The van der Waals surface area contributed by atoms with E-state index in [4.69, 9.17) is 0 Å². The summed E-state index contributed by atoms with van der Waals surface area (Å²) in [6, 6.07) is 10.8. The third-order valence-corrected chi connectivity index (χ3v) is 5.10. The maximum atomic E-state index is 13.2. The molecule has 1 fully saturated rings. The summed E-state index contributed by atoms with van der Waals surface area (Å²) in [5.41, 5.74) is 1.18. The Labute approximate surface area is 159 Å². The number of pyridine rings is 1. The van der Waals surface area contributed by atoms with Crippen LogP contribution in [0.5, 0.6) is 0 Å². The summed E-state index contributed by atoms with van der Waals surface area (Å²) in [5.74, 6) is 0.0686. The van der Waals surface area contributed by atoms with Crippen LogP contribution in [0.3, 0.4) is 0 Å². The fourth-order valence-corrected chi connectivity index (χ4v) is 3.52. The Kier molecular flexibility index (Phi) is 6.90. The van der Waals surface area contributed by atoms with Crippen LogP contribution in [0.15, 0.2) is 48.8 Å². The van der Waals surface area contributed by atoms with Crippen molar-refractivity contribution in [2.75, 3.05) is 13.1 Å². The van der Waals surface area contributed by atoms with Crippen molar-refractivity contribution in [1.29, 1.82) is 0 Å². The van der Waals surface area contributed by atoms with Crippen molar-refractivity contribution in [3.8, 4) is 0 Å². The van der Waals surface area contributed by atoms with Gasteiger partial charge in [-0.1, -0.05) is 18.2 Å². The monoisotopic (exact) mass is 371 g/mol. The average Bonchev–Trinajstić information content (AvgIpc) is 2.70. The number of halogens is 1. The molecule has 0 spiro atoms. The highest BCUT2D eigenvalue weighted by Gasteiger charge is 2.22. The highest BCUT2D eigenvalue weighted by molar-refractivity contribution is 5.94. The number of aliphatic hydroxyl groups excluding tert-OH is 1. The average molecular weight is 371 g/mol. The zero-order chi connectivity index (χ0) is 19.1. The molecule has 6 heteroatoms. The predicted octanol–water partition coefficient (Wildman–Crippen LogP) is 2.83. The fourth-order valence-electron chi connectivity index (χ4n) is 3.52. The molecule has 3 rings (SSSR count). The number of nitrogens with zero attached hydrogens (tertiary/aromatic N) is 1. The number of carbonyl (C=O) groups is 1. The minimum absolute atomic E-state index is 0.0102. The summed E-state index contributed by atoms with van der Waals surface area (Å²) in [5, 5.41) is 16.5. The van der Waals surface area contributed by atoms with E-state index in [0.29, 0.717) is 23.6 Å². The first-order valence-corrected chi connectivity index (χ1v) is 9.47. The molecule has 1 atom stereocenters. The van der Waals surface area contributed by atoms with Gasteiger partial charge in [-0.2, -0.15) is 0 Å². The highest BCUT2D eigenvalue weighted by Crippen LogP contribution is 2.24. The van der Waals surface area contributed by atoms with Crippen LogP contribution in [0.2, 0.25) is 0 Å². The molecule has 1 saturated carbocycles. The van der Waals surface area contributed by atoms with E-state index in [1.165, 1.54) is 12.3 Å². The van der Waals surface area contributed by atoms with Gasteiger partial charge in [-0.15, -0.1) is 0 Å². The topological polar surface area (TPSA) is 74.2 Å². The van der Waals surface area contributed by atoms with Crippen molar-refractivity contribution < 1.29 is 14.3 Å². The van der Waals surface area contributed by atoms with Gasteiger partial charge in [0.1, 0.15) is 5.82 Å². The molecule has 1 amide bonds. The second-order valence-electron chi connectivity index (χ2n) is 7.17. The molecule has 27 heavy (non-hydrogen) atoms. The largest absolute Gasteiger partial charge is 0.387 e. The summed E-state index contributed by atoms with van der Waals surface area (Å²) in [7, 11) is 0. The second kappa shape index (κ2) is 9.58. The van der Waals surface area contributed by atoms with Crippen LogP contribution in [0.1, 0.15) is 47.7 Å². The molecule has 2 aromatic rings. The van der Waals surface area contributed by atoms with Crippen LogP contribution in [0.4, 0.5) is 4.39 Å². The van der Waals surface area contributed by atoms with Gasteiger partial charge < -0.3 is 15.7 Å². The zero-order valence-corrected chi connectivity index (χ0v) is 15.3. The highest BCUT2D eigenvalue weighted by atomic mass is 19.1. The first kappa shape index (κ1) is 19.5. The smallest absolute Gasteiger partial charge is 0.251 e. The van der Waals surface area contributed by atoms with Crippen LogP contribution in [-0.2, 0) is 0 Å². The van der Waals surface area contributed by atoms with Gasteiger partial charge in [0.05, 0.1) is 12.3 Å².